The second kappa shape index (κ2) is 9.86. The number of rotatable bonds is 7. The standard InChI is InChI=1S/C20H20BrN3O3S/c1-27-12-11-24-19(26)17(28-20(24)22-14-7-3-2-4-8-14)13-18(25)23-16-10-6-5-9-15(16)21/h2-10,17H,11-13H2,1H3,(H,23,25). The number of nitrogens with zero attached hydrogens (tertiary/aromatic N) is 2. The number of ether oxygens (including phenoxy) is 1. The average Bonchev–Trinajstić information content (AvgIpc) is 2.97. The number of nitrogens with one attached hydrogen (secondary N) is 1. The molecule has 0 bridgehead atoms. The van der Waals surface area contributed by atoms with Crippen molar-refractivity contribution in [2.75, 3.05) is 25.6 Å². The van der Waals surface area contributed by atoms with Crippen molar-refractivity contribution in [3.8, 4) is 0 Å². The van der Waals surface area contributed by atoms with E-state index in [1.165, 1.54) is 11.8 Å². The number of methoxy groups -OCH3 is 1. The molecule has 3 rings (SSSR count). The maximum Gasteiger partial charge on any atom is 0.242 e. The smallest absolute Gasteiger partial charge is 0.242 e. The van der Waals surface area contributed by atoms with E-state index in [0.717, 1.165) is 10.2 Å². The summed E-state index contributed by atoms with van der Waals surface area (Å²) < 4.78 is 5.91. The number of aliphatic imine (C=N–C) groups is 1. The molecule has 2 amide bonds. The van der Waals surface area contributed by atoms with Gasteiger partial charge < -0.3 is 10.1 Å². The Morgan fingerprint density at radius 1 is 1.21 bits per heavy atom. The Balaban J connectivity index is 1.73. The second-order valence-corrected chi connectivity index (χ2v) is 8.08. The van der Waals surface area contributed by atoms with Gasteiger partial charge in [-0.3, -0.25) is 14.5 Å². The molecular weight excluding hydrogens is 442 g/mol. The van der Waals surface area contributed by atoms with Crippen molar-refractivity contribution in [3.63, 3.8) is 0 Å². The van der Waals surface area contributed by atoms with Crippen LogP contribution in [0.2, 0.25) is 0 Å². The van der Waals surface area contributed by atoms with E-state index >= 15 is 0 Å². The number of hydrogen-bond acceptors (Lipinski definition) is 5. The molecule has 1 heterocycles. The maximum absolute atomic E-state index is 12.8. The van der Waals surface area contributed by atoms with E-state index in [-0.39, 0.29) is 18.2 Å². The Hall–Kier alpha value is -2.16. The van der Waals surface area contributed by atoms with Crippen LogP contribution >= 0.6 is 27.7 Å². The third kappa shape index (κ3) is 5.21. The van der Waals surface area contributed by atoms with Gasteiger partial charge in [0.25, 0.3) is 0 Å². The summed E-state index contributed by atoms with van der Waals surface area (Å²) in [7, 11) is 1.59. The predicted molar refractivity (Wildman–Crippen MR) is 116 cm³/mol. The SMILES string of the molecule is COCCN1C(=O)C(CC(=O)Nc2ccccc2Br)SC1=Nc1ccccc1. The second-order valence-electron chi connectivity index (χ2n) is 6.05. The van der Waals surface area contributed by atoms with Gasteiger partial charge in [0.15, 0.2) is 5.17 Å². The number of amidine groups is 1. The van der Waals surface area contributed by atoms with Crippen molar-refractivity contribution >= 4 is 56.0 Å². The molecule has 1 fully saturated rings. The molecule has 1 atom stereocenters. The van der Waals surface area contributed by atoms with E-state index < -0.39 is 5.25 Å². The molecule has 8 heteroatoms. The number of carbonyl (C=O) groups excluding carboxylic acids is 2. The number of hydrogen-bond donors (Lipinski definition) is 1. The number of halogens is 1. The normalized spacial score (nSPS) is 17.9. The molecule has 28 heavy (non-hydrogen) atoms. The number of amides is 2. The summed E-state index contributed by atoms with van der Waals surface area (Å²) in [4.78, 5) is 31.5. The van der Waals surface area contributed by atoms with Crippen molar-refractivity contribution in [2.24, 2.45) is 4.99 Å². The molecule has 146 valence electrons. The summed E-state index contributed by atoms with van der Waals surface area (Å²) in [5.74, 6) is -0.343. The first kappa shape index (κ1) is 20.6. The molecule has 1 aliphatic heterocycles. The van der Waals surface area contributed by atoms with E-state index in [1.54, 1.807) is 18.1 Å². The average molecular weight is 462 g/mol. The van der Waals surface area contributed by atoms with Crippen molar-refractivity contribution in [3.05, 3.63) is 59.1 Å². The minimum Gasteiger partial charge on any atom is -0.383 e. The van der Waals surface area contributed by atoms with Crippen LogP contribution in [-0.4, -0.2) is 47.4 Å². The summed E-state index contributed by atoms with van der Waals surface area (Å²) >= 11 is 4.72. The summed E-state index contributed by atoms with van der Waals surface area (Å²) in [6.45, 7) is 0.798. The van der Waals surface area contributed by atoms with E-state index in [2.05, 4.69) is 26.2 Å². The van der Waals surface area contributed by atoms with Crippen molar-refractivity contribution in [1.29, 1.82) is 0 Å². The van der Waals surface area contributed by atoms with Gasteiger partial charge in [-0.2, -0.15) is 0 Å². The first-order valence-electron chi connectivity index (χ1n) is 8.73. The molecule has 2 aromatic rings. The topological polar surface area (TPSA) is 71.0 Å². The third-order valence-corrected chi connectivity index (χ3v) is 5.91. The van der Waals surface area contributed by atoms with E-state index in [9.17, 15) is 9.59 Å². The van der Waals surface area contributed by atoms with Gasteiger partial charge in [0.1, 0.15) is 5.25 Å². The fraction of sp³-hybridized carbons (Fsp3) is 0.250. The van der Waals surface area contributed by atoms with E-state index in [1.807, 2.05) is 48.5 Å². The van der Waals surface area contributed by atoms with Crippen LogP contribution in [0.25, 0.3) is 0 Å². The monoisotopic (exact) mass is 461 g/mol. The van der Waals surface area contributed by atoms with Gasteiger partial charge in [0.05, 0.1) is 24.5 Å². The lowest BCUT2D eigenvalue weighted by atomic mass is 10.2. The Morgan fingerprint density at radius 2 is 1.93 bits per heavy atom. The number of carbonyl (C=O) groups is 2. The van der Waals surface area contributed by atoms with Crippen LogP contribution in [0.3, 0.4) is 0 Å². The van der Waals surface area contributed by atoms with Gasteiger partial charge in [-0.05, 0) is 40.2 Å². The van der Waals surface area contributed by atoms with Crippen LogP contribution in [0, 0.1) is 0 Å². The van der Waals surface area contributed by atoms with Gasteiger partial charge >= 0.3 is 0 Å². The van der Waals surface area contributed by atoms with Gasteiger partial charge in [0.2, 0.25) is 11.8 Å². The number of anilines is 1. The fourth-order valence-electron chi connectivity index (χ4n) is 2.66. The molecule has 1 aliphatic rings. The quantitative estimate of drug-likeness (QED) is 0.674. The number of thioether (sulfide) groups is 1. The zero-order valence-electron chi connectivity index (χ0n) is 15.3. The van der Waals surface area contributed by atoms with Gasteiger partial charge in [-0.25, -0.2) is 4.99 Å². The van der Waals surface area contributed by atoms with Crippen LogP contribution in [0.1, 0.15) is 6.42 Å². The minimum atomic E-state index is -0.512. The largest absolute Gasteiger partial charge is 0.383 e. The van der Waals surface area contributed by atoms with Crippen LogP contribution in [0.4, 0.5) is 11.4 Å². The molecule has 0 spiro atoms. The third-order valence-electron chi connectivity index (χ3n) is 4.04. The van der Waals surface area contributed by atoms with Gasteiger partial charge in [-0.1, -0.05) is 42.1 Å². The lowest BCUT2D eigenvalue weighted by Crippen LogP contribution is -2.35. The predicted octanol–water partition coefficient (Wildman–Crippen LogP) is 4.06. The zero-order valence-corrected chi connectivity index (χ0v) is 17.7. The molecule has 6 nitrogen and oxygen atoms in total. The highest BCUT2D eigenvalue weighted by atomic mass is 79.9. The highest BCUT2D eigenvalue weighted by Gasteiger charge is 2.39. The maximum atomic E-state index is 12.8. The summed E-state index contributed by atoms with van der Waals surface area (Å²) in [6.07, 6.45) is 0.0716. The molecule has 0 radical (unpaired) electrons. The lowest BCUT2D eigenvalue weighted by molar-refractivity contribution is -0.128. The van der Waals surface area contributed by atoms with Crippen LogP contribution in [0.15, 0.2) is 64.1 Å². The molecule has 1 N–H and O–H groups in total. The van der Waals surface area contributed by atoms with E-state index in [0.29, 0.717) is 24.0 Å². The van der Waals surface area contributed by atoms with Crippen LogP contribution < -0.4 is 5.32 Å². The molecule has 1 unspecified atom stereocenters. The number of para-hydroxylation sites is 2. The van der Waals surface area contributed by atoms with Gasteiger partial charge in [0, 0.05) is 18.0 Å². The molecule has 0 saturated carbocycles. The molecule has 0 aliphatic carbocycles. The lowest BCUT2D eigenvalue weighted by Gasteiger charge is -2.15. The first-order valence-corrected chi connectivity index (χ1v) is 10.4. The Labute approximate surface area is 176 Å². The minimum absolute atomic E-state index is 0.0716. The fourth-order valence-corrected chi connectivity index (χ4v) is 4.23. The van der Waals surface area contributed by atoms with Crippen molar-refractivity contribution < 1.29 is 14.3 Å². The summed E-state index contributed by atoms with van der Waals surface area (Å²) in [5, 5.41) is 2.92. The summed E-state index contributed by atoms with van der Waals surface area (Å²) in [6, 6.07) is 16.8. The van der Waals surface area contributed by atoms with Crippen molar-refractivity contribution in [1.82, 2.24) is 4.90 Å². The highest BCUT2D eigenvalue weighted by molar-refractivity contribution is 9.10. The number of benzene rings is 2. The van der Waals surface area contributed by atoms with Crippen molar-refractivity contribution in [2.45, 2.75) is 11.7 Å². The first-order chi connectivity index (χ1) is 13.6. The van der Waals surface area contributed by atoms with Gasteiger partial charge in [-0.15, -0.1) is 0 Å². The molecule has 2 aromatic carbocycles. The Bertz CT molecular complexity index is 876. The van der Waals surface area contributed by atoms with Crippen LogP contribution in [-0.2, 0) is 14.3 Å². The Kier molecular flexibility index (Phi) is 7.24. The Morgan fingerprint density at radius 3 is 2.64 bits per heavy atom. The molecular formula is C20H20BrN3O3S. The zero-order chi connectivity index (χ0) is 19.9. The molecule has 0 aromatic heterocycles. The highest BCUT2D eigenvalue weighted by Crippen LogP contribution is 2.32. The van der Waals surface area contributed by atoms with Crippen LogP contribution in [0.5, 0.6) is 0 Å². The molecule has 1 saturated heterocycles. The summed E-state index contributed by atoms with van der Waals surface area (Å²) in [5.41, 5.74) is 1.44. The van der Waals surface area contributed by atoms with E-state index in [4.69, 9.17) is 4.74 Å².